The summed E-state index contributed by atoms with van der Waals surface area (Å²) in [6, 6.07) is 4.47. The number of nitrogens with zero attached hydrogens (tertiary/aromatic N) is 1. The van der Waals surface area contributed by atoms with Crippen molar-refractivity contribution >= 4 is 50.2 Å². The molecule has 1 aliphatic carbocycles. The van der Waals surface area contributed by atoms with Gasteiger partial charge in [0.2, 0.25) is 0 Å². The molecule has 3 N–H and O–H groups in total. The standard InChI is InChI=1S/C13H11ClN2S2.C6H11N.C2H6/c1-8-6-18-13-10(4-11(14)16-12(8)13)15-5-9-2-3-17-7-9;7-6-4-2-1-3-5-6;1-2/h2-4,6-7H,5H2,1H3,(H,15,16);1-2,6H,3-5,7H2;1-2H3. The number of rotatable bonds is 3. The molecule has 1 aliphatic rings. The smallest absolute Gasteiger partial charge is 0.131 e. The van der Waals surface area contributed by atoms with Crippen LogP contribution in [-0.2, 0) is 6.54 Å². The molecule has 6 heteroatoms. The fourth-order valence-corrected chi connectivity index (χ4v) is 4.48. The zero-order valence-corrected chi connectivity index (χ0v) is 18.6. The van der Waals surface area contributed by atoms with Gasteiger partial charge in [-0.2, -0.15) is 11.3 Å². The molecule has 0 amide bonds. The number of halogens is 1. The summed E-state index contributed by atoms with van der Waals surface area (Å²) in [6.45, 7) is 6.88. The number of hydrogen-bond donors (Lipinski definition) is 2. The molecule has 3 aromatic heterocycles. The Morgan fingerprint density at radius 2 is 2.11 bits per heavy atom. The molecule has 0 saturated heterocycles. The highest BCUT2D eigenvalue weighted by molar-refractivity contribution is 7.18. The SMILES string of the molecule is CC.Cc1csc2c(NCc3ccsc3)cc(Cl)nc12.NC1CC=CCC1. The van der Waals surface area contributed by atoms with Crippen molar-refractivity contribution in [3.05, 3.63) is 56.7 Å². The summed E-state index contributed by atoms with van der Waals surface area (Å²) in [5.74, 6) is 0. The van der Waals surface area contributed by atoms with Crippen molar-refractivity contribution in [2.24, 2.45) is 5.73 Å². The maximum atomic E-state index is 6.07. The van der Waals surface area contributed by atoms with E-state index in [1.54, 1.807) is 22.7 Å². The Balaban J connectivity index is 0.000000244. The van der Waals surface area contributed by atoms with Crippen molar-refractivity contribution in [3.63, 3.8) is 0 Å². The van der Waals surface area contributed by atoms with Gasteiger partial charge in [0.05, 0.1) is 15.9 Å². The Morgan fingerprint density at radius 3 is 2.70 bits per heavy atom. The molecule has 0 spiro atoms. The summed E-state index contributed by atoms with van der Waals surface area (Å²) in [6.07, 6.45) is 7.80. The Morgan fingerprint density at radius 1 is 1.30 bits per heavy atom. The number of nitrogens with two attached hydrogens (primary N) is 1. The number of aryl methyl sites for hydroxylation is 1. The van der Waals surface area contributed by atoms with Crippen LogP contribution in [0, 0.1) is 6.92 Å². The Labute approximate surface area is 175 Å². The van der Waals surface area contributed by atoms with E-state index in [0.29, 0.717) is 11.2 Å². The minimum absolute atomic E-state index is 0.449. The minimum atomic E-state index is 0.449. The van der Waals surface area contributed by atoms with E-state index >= 15 is 0 Å². The number of anilines is 1. The highest BCUT2D eigenvalue weighted by Gasteiger charge is 2.09. The molecular formula is C21H28ClN3S2. The van der Waals surface area contributed by atoms with E-state index in [-0.39, 0.29) is 0 Å². The van der Waals surface area contributed by atoms with Gasteiger partial charge in [0, 0.05) is 18.7 Å². The van der Waals surface area contributed by atoms with Crippen molar-refractivity contribution < 1.29 is 0 Å². The van der Waals surface area contributed by atoms with Gasteiger partial charge in [-0.15, -0.1) is 11.3 Å². The number of pyridine rings is 1. The molecule has 3 heterocycles. The molecule has 27 heavy (non-hydrogen) atoms. The number of fused-ring (bicyclic) bond motifs is 1. The van der Waals surface area contributed by atoms with Gasteiger partial charge in [0.15, 0.2) is 0 Å². The van der Waals surface area contributed by atoms with E-state index in [0.717, 1.165) is 24.2 Å². The lowest BCUT2D eigenvalue weighted by Gasteiger charge is -2.09. The van der Waals surface area contributed by atoms with Crippen LogP contribution >= 0.6 is 34.3 Å². The Bertz CT molecular complexity index is 841. The molecule has 1 unspecified atom stereocenters. The number of hydrogen-bond acceptors (Lipinski definition) is 5. The molecule has 3 aromatic rings. The van der Waals surface area contributed by atoms with Crippen LogP contribution in [0.2, 0.25) is 5.15 Å². The molecule has 4 rings (SSSR count). The zero-order chi connectivity index (χ0) is 19.6. The maximum absolute atomic E-state index is 6.07. The van der Waals surface area contributed by atoms with E-state index < -0.39 is 0 Å². The summed E-state index contributed by atoms with van der Waals surface area (Å²) in [5.41, 5.74) is 10.1. The highest BCUT2D eigenvalue weighted by Crippen LogP contribution is 2.32. The molecule has 0 fully saturated rings. The molecule has 1 atom stereocenters. The van der Waals surface area contributed by atoms with Crippen LogP contribution < -0.4 is 11.1 Å². The number of nitrogens with one attached hydrogen (secondary N) is 1. The van der Waals surface area contributed by atoms with Gasteiger partial charge in [-0.1, -0.05) is 37.6 Å². The molecule has 0 aromatic carbocycles. The van der Waals surface area contributed by atoms with Crippen LogP contribution in [0.1, 0.15) is 44.2 Å². The third kappa shape index (κ3) is 6.61. The average Bonchev–Trinajstić information content (AvgIpc) is 3.33. The lowest BCUT2D eigenvalue weighted by molar-refractivity contribution is 0.606. The normalized spacial score (nSPS) is 15.5. The summed E-state index contributed by atoms with van der Waals surface area (Å²) in [7, 11) is 0. The van der Waals surface area contributed by atoms with Crippen LogP contribution in [0.3, 0.4) is 0 Å². The van der Waals surface area contributed by atoms with Crippen LogP contribution in [-0.4, -0.2) is 11.0 Å². The van der Waals surface area contributed by atoms with Gasteiger partial charge < -0.3 is 11.1 Å². The van der Waals surface area contributed by atoms with Gasteiger partial charge >= 0.3 is 0 Å². The third-order valence-electron chi connectivity index (χ3n) is 4.04. The van der Waals surface area contributed by atoms with Crippen LogP contribution in [0.15, 0.2) is 40.4 Å². The molecular weight excluding hydrogens is 394 g/mol. The highest BCUT2D eigenvalue weighted by atomic mass is 35.5. The lowest BCUT2D eigenvalue weighted by Crippen LogP contribution is -2.19. The maximum Gasteiger partial charge on any atom is 0.131 e. The third-order valence-corrected chi connectivity index (χ3v) is 6.09. The van der Waals surface area contributed by atoms with Crippen LogP contribution in [0.5, 0.6) is 0 Å². The second-order valence-electron chi connectivity index (χ2n) is 6.12. The van der Waals surface area contributed by atoms with Gasteiger partial charge in [-0.05, 0) is 59.5 Å². The number of thiophene rings is 2. The van der Waals surface area contributed by atoms with Crippen LogP contribution in [0.4, 0.5) is 5.69 Å². The van der Waals surface area contributed by atoms with Gasteiger partial charge in [0.1, 0.15) is 5.15 Å². The quantitative estimate of drug-likeness (QED) is 0.353. The number of aromatic nitrogens is 1. The predicted octanol–water partition coefficient (Wildman–Crippen LogP) is 7.01. The van der Waals surface area contributed by atoms with E-state index in [4.69, 9.17) is 17.3 Å². The summed E-state index contributed by atoms with van der Waals surface area (Å²) >= 11 is 9.48. The van der Waals surface area contributed by atoms with Crippen molar-refractivity contribution in [1.29, 1.82) is 0 Å². The summed E-state index contributed by atoms with van der Waals surface area (Å²) < 4.78 is 1.17. The van der Waals surface area contributed by atoms with E-state index in [9.17, 15) is 0 Å². The van der Waals surface area contributed by atoms with Gasteiger partial charge in [0.25, 0.3) is 0 Å². The van der Waals surface area contributed by atoms with Crippen molar-refractivity contribution in [3.8, 4) is 0 Å². The average molecular weight is 422 g/mol. The van der Waals surface area contributed by atoms with Gasteiger partial charge in [-0.3, -0.25) is 0 Å². The van der Waals surface area contributed by atoms with E-state index in [1.807, 2.05) is 19.9 Å². The van der Waals surface area contributed by atoms with Gasteiger partial charge in [-0.25, -0.2) is 4.98 Å². The monoisotopic (exact) mass is 421 g/mol. The topological polar surface area (TPSA) is 50.9 Å². The van der Waals surface area contributed by atoms with Crippen molar-refractivity contribution in [2.45, 2.75) is 52.6 Å². The van der Waals surface area contributed by atoms with Crippen LogP contribution in [0.25, 0.3) is 10.2 Å². The van der Waals surface area contributed by atoms with Crippen molar-refractivity contribution in [1.82, 2.24) is 4.98 Å². The van der Waals surface area contributed by atoms with E-state index in [1.165, 1.54) is 28.7 Å². The Hall–Kier alpha value is -1.40. The second-order valence-corrected chi connectivity index (χ2v) is 8.17. The lowest BCUT2D eigenvalue weighted by atomic mass is 10.0. The molecule has 146 valence electrons. The molecule has 0 saturated carbocycles. The number of allylic oxidation sites excluding steroid dienone is 1. The zero-order valence-electron chi connectivity index (χ0n) is 16.2. The first-order valence-electron chi connectivity index (χ1n) is 9.33. The molecule has 3 nitrogen and oxygen atoms in total. The minimum Gasteiger partial charge on any atom is -0.380 e. The summed E-state index contributed by atoms with van der Waals surface area (Å²) in [4.78, 5) is 4.38. The first-order chi connectivity index (χ1) is 13.1. The first kappa shape index (κ1) is 21.9. The fraction of sp³-hybridized carbons (Fsp3) is 0.381. The molecule has 0 aliphatic heterocycles. The fourth-order valence-electron chi connectivity index (χ4n) is 2.63. The molecule has 0 radical (unpaired) electrons. The van der Waals surface area contributed by atoms with E-state index in [2.05, 4.69) is 51.6 Å². The van der Waals surface area contributed by atoms with Crippen molar-refractivity contribution in [2.75, 3.05) is 5.32 Å². The Kier molecular flexibility index (Phi) is 9.28. The largest absolute Gasteiger partial charge is 0.380 e. The molecule has 0 bridgehead atoms. The predicted molar refractivity (Wildman–Crippen MR) is 123 cm³/mol. The summed E-state index contributed by atoms with van der Waals surface area (Å²) in [5, 5.41) is 10.3. The first-order valence-corrected chi connectivity index (χ1v) is 11.5. The second kappa shape index (κ2) is 11.4.